The highest BCUT2D eigenvalue weighted by Gasteiger charge is 2.22. The Balaban J connectivity index is 1.36. The fourth-order valence-electron chi connectivity index (χ4n) is 4.57. The standard InChI is InChI=1S/C26H36N4O2/c1-22(19-28-15-17-32-18-16-28)30(20-23-7-3-2-4-8-23)21-26(31)27-24-9-11-25(12-10-24)29-13-5-6-14-29/h2-4,7-12,22H,5-6,13-21H2,1H3,(H,27,31). The fourth-order valence-corrected chi connectivity index (χ4v) is 4.57. The summed E-state index contributed by atoms with van der Waals surface area (Å²) in [5.74, 6) is 0.0312. The third kappa shape index (κ3) is 6.55. The molecule has 0 aliphatic carbocycles. The van der Waals surface area contributed by atoms with Crippen molar-refractivity contribution in [1.29, 1.82) is 0 Å². The number of rotatable bonds is 9. The molecule has 0 aromatic heterocycles. The van der Waals surface area contributed by atoms with Gasteiger partial charge in [-0.2, -0.15) is 0 Å². The average molecular weight is 437 g/mol. The average Bonchev–Trinajstić information content (AvgIpc) is 3.35. The number of morpholine rings is 1. The minimum atomic E-state index is 0.0312. The maximum atomic E-state index is 13.0. The van der Waals surface area contributed by atoms with Crippen LogP contribution in [-0.4, -0.2) is 74.2 Å². The first-order chi connectivity index (χ1) is 15.7. The molecule has 2 saturated heterocycles. The van der Waals surface area contributed by atoms with Crippen molar-refractivity contribution >= 4 is 17.3 Å². The van der Waals surface area contributed by atoms with Crippen LogP contribution in [0, 0.1) is 0 Å². The molecule has 6 heteroatoms. The molecular formula is C26H36N4O2. The highest BCUT2D eigenvalue weighted by molar-refractivity contribution is 5.92. The van der Waals surface area contributed by atoms with Crippen molar-refractivity contribution in [2.45, 2.75) is 32.4 Å². The molecule has 0 radical (unpaired) electrons. The van der Waals surface area contributed by atoms with Gasteiger partial charge in [0.25, 0.3) is 0 Å². The van der Waals surface area contributed by atoms with Gasteiger partial charge in [0.2, 0.25) is 5.91 Å². The Morgan fingerprint density at radius 3 is 2.38 bits per heavy atom. The lowest BCUT2D eigenvalue weighted by Crippen LogP contribution is -2.47. The van der Waals surface area contributed by atoms with Gasteiger partial charge in [-0.3, -0.25) is 14.6 Å². The van der Waals surface area contributed by atoms with Crippen molar-refractivity contribution in [3.05, 3.63) is 60.2 Å². The largest absolute Gasteiger partial charge is 0.379 e. The Morgan fingerprint density at radius 2 is 1.69 bits per heavy atom. The minimum Gasteiger partial charge on any atom is -0.379 e. The summed E-state index contributed by atoms with van der Waals surface area (Å²) in [5.41, 5.74) is 3.33. The molecule has 0 saturated carbocycles. The van der Waals surface area contributed by atoms with Gasteiger partial charge in [-0.1, -0.05) is 30.3 Å². The van der Waals surface area contributed by atoms with Crippen molar-refractivity contribution < 1.29 is 9.53 Å². The molecule has 6 nitrogen and oxygen atoms in total. The molecule has 2 heterocycles. The Morgan fingerprint density at radius 1 is 1.00 bits per heavy atom. The van der Waals surface area contributed by atoms with Gasteiger partial charge in [-0.05, 0) is 49.6 Å². The van der Waals surface area contributed by atoms with Gasteiger partial charge >= 0.3 is 0 Å². The summed E-state index contributed by atoms with van der Waals surface area (Å²) in [6.07, 6.45) is 2.52. The summed E-state index contributed by atoms with van der Waals surface area (Å²) in [6, 6.07) is 18.9. The van der Waals surface area contributed by atoms with Gasteiger partial charge in [0, 0.05) is 56.7 Å². The first-order valence-corrected chi connectivity index (χ1v) is 11.9. The van der Waals surface area contributed by atoms with Crippen molar-refractivity contribution in [3.63, 3.8) is 0 Å². The number of nitrogens with one attached hydrogen (secondary N) is 1. The van der Waals surface area contributed by atoms with Crippen molar-refractivity contribution in [1.82, 2.24) is 9.80 Å². The molecule has 2 aromatic carbocycles. The van der Waals surface area contributed by atoms with E-state index in [1.807, 2.05) is 18.2 Å². The molecule has 2 aromatic rings. The number of carbonyl (C=O) groups is 1. The van der Waals surface area contributed by atoms with Crippen LogP contribution in [-0.2, 0) is 16.1 Å². The monoisotopic (exact) mass is 436 g/mol. The van der Waals surface area contributed by atoms with E-state index in [9.17, 15) is 4.79 Å². The predicted octanol–water partition coefficient (Wildman–Crippen LogP) is 3.45. The second kappa shape index (κ2) is 11.5. The Kier molecular flexibility index (Phi) is 8.15. The summed E-state index contributed by atoms with van der Waals surface area (Å²) < 4.78 is 5.49. The van der Waals surface area contributed by atoms with Gasteiger partial charge in [-0.15, -0.1) is 0 Å². The lowest BCUT2D eigenvalue weighted by atomic mass is 10.1. The molecule has 2 fully saturated rings. The van der Waals surface area contributed by atoms with E-state index in [1.165, 1.54) is 24.1 Å². The van der Waals surface area contributed by atoms with Gasteiger partial charge in [0.05, 0.1) is 19.8 Å². The lowest BCUT2D eigenvalue weighted by molar-refractivity contribution is -0.118. The van der Waals surface area contributed by atoms with E-state index in [0.717, 1.165) is 58.2 Å². The van der Waals surface area contributed by atoms with Crippen molar-refractivity contribution in [2.75, 3.05) is 62.7 Å². The van der Waals surface area contributed by atoms with Crippen LogP contribution in [0.25, 0.3) is 0 Å². The van der Waals surface area contributed by atoms with E-state index >= 15 is 0 Å². The first kappa shape index (κ1) is 22.8. The lowest BCUT2D eigenvalue weighted by Gasteiger charge is -2.34. The molecule has 32 heavy (non-hydrogen) atoms. The maximum Gasteiger partial charge on any atom is 0.238 e. The molecule has 2 aliphatic heterocycles. The van der Waals surface area contributed by atoms with E-state index < -0.39 is 0 Å². The van der Waals surface area contributed by atoms with E-state index in [0.29, 0.717) is 6.54 Å². The number of ether oxygens (including phenoxy) is 1. The quantitative estimate of drug-likeness (QED) is 0.653. The minimum absolute atomic E-state index is 0.0312. The molecule has 4 rings (SSSR count). The summed E-state index contributed by atoms with van der Waals surface area (Å²) in [6.45, 7) is 10.0. The molecular weight excluding hydrogens is 400 g/mol. The number of carbonyl (C=O) groups excluding carboxylic acids is 1. The zero-order valence-corrected chi connectivity index (χ0v) is 19.2. The number of nitrogens with zero attached hydrogens (tertiary/aromatic N) is 3. The molecule has 2 aliphatic rings. The molecule has 1 amide bonds. The van der Waals surface area contributed by atoms with Crippen LogP contribution in [0.3, 0.4) is 0 Å². The highest BCUT2D eigenvalue weighted by Crippen LogP contribution is 2.22. The van der Waals surface area contributed by atoms with Gasteiger partial charge < -0.3 is 15.0 Å². The molecule has 1 unspecified atom stereocenters. The molecule has 172 valence electrons. The molecule has 0 bridgehead atoms. The number of hydrogen-bond acceptors (Lipinski definition) is 5. The Bertz CT molecular complexity index is 831. The second-order valence-electron chi connectivity index (χ2n) is 8.94. The molecule has 1 N–H and O–H groups in total. The Labute approximate surface area is 192 Å². The number of hydrogen-bond donors (Lipinski definition) is 1. The third-order valence-electron chi connectivity index (χ3n) is 6.45. The number of anilines is 2. The number of amides is 1. The highest BCUT2D eigenvalue weighted by atomic mass is 16.5. The zero-order valence-electron chi connectivity index (χ0n) is 19.2. The predicted molar refractivity (Wildman–Crippen MR) is 130 cm³/mol. The van der Waals surface area contributed by atoms with Crippen LogP contribution in [0.2, 0.25) is 0 Å². The Hall–Kier alpha value is -2.41. The van der Waals surface area contributed by atoms with Crippen LogP contribution < -0.4 is 10.2 Å². The smallest absolute Gasteiger partial charge is 0.238 e. The van der Waals surface area contributed by atoms with Crippen LogP contribution >= 0.6 is 0 Å². The zero-order chi connectivity index (χ0) is 22.2. The SMILES string of the molecule is CC(CN1CCOCC1)N(CC(=O)Nc1ccc(N2CCCC2)cc1)Cc1ccccc1. The van der Waals surface area contributed by atoms with Crippen LogP contribution in [0.4, 0.5) is 11.4 Å². The summed E-state index contributed by atoms with van der Waals surface area (Å²) in [5, 5.41) is 3.10. The van der Waals surface area contributed by atoms with E-state index in [2.05, 4.69) is 63.3 Å². The third-order valence-corrected chi connectivity index (χ3v) is 6.45. The summed E-state index contributed by atoms with van der Waals surface area (Å²) in [7, 11) is 0. The number of benzene rings is 2. The van der Waals surface area contributed by atoms with Crippen molar-refractivity contribution in [2.24, 2.45) is 0 Å². The van der Waals surface area contributed by atoms with Crippen LogP contribution in [0.5, 0.6) is 0 Å². The molecule has 0 spiro atoms. The van der Waals surface area contributed by atoms with Crippen LogP contribution in [0.15, 0.2) is 54.6 Å². The fraction of sp³-hybridized carbons (Fsp3) is 0.500. The summed E-state index contributed by atoms with van der Waals surface area (Å²) >= 11 is 0. The first-order valence-electron chi connectivity index (χ1n) is 11.9. The normalized spacial score (nSPS) is 18.1. The van der Waals surface area contributed by atoms with Gasteiger partial charge in [0.1, 0.15) is 0 Å². The van der Waals surface area contributed by atoms with E-state index in [1.54, 1.807) is 0 Å². The van der Waals surface area contributed by atoms with Crippen LogP contribution in [0.1, 0.15) is 25.3 Å². The summed E-state index contributed by atoms with van der Waals surface area (Å²) in [4.78, 5) is 20.1. The van der Waals surface area contributed by atoms with E-state index in [4.69, 9.17) is 4.74 Å². The maximum absolute atomic E-state index is 13.0. The van der Waals surface area contributed by atoms with Crippen molar-refractivity contribution in [3.8, 4) is 0 Å². The van der Waals surface area contributed by atoms with Gasteiger partial charge in [-0.25, -0.2) is 0 Å². The topological polar surface area (TPSA) is 48.1 Å². The van der Waals surface area contributed by atoms with E-state index in [-0.39, 0.29) is 11.9 Å². The van der Waals surface area contributed by atoms with Gasteiger partial charge in [0.15, 0.2) is 0 Å². The molecule has 1 atom stereocenters. The second-order valence-corrected chi connectivity index (χ2v) is 8.94.